The van der Waals surface area contributed by atoms with Crippen LogP contribution in [-0.2, 0) is 16.1 Å². The molecule has 1 amide bonds. The minimum Gasteiger partial charge on any atom is -0.376 e. The van der Waals surface area contributed by atoms with Crippen LogP contribution in [0, 0.1) is 0 Å². The highest BCUT2D eigenvalue weighted by molar-refractivity contribution is 7.99. The van der Waals surface area contributed by atoms with E-state index >= 15 is 0 Å². The Bertz CT molecular complexity index is 390. The molecule has 1 fully saturated rings. The van der Waals surface area contributed by atoms with Gasteiger partial charge in [0, 0.05) is 19.7 Å². The maximum Gasteiger partial charge on any atom is 0.230 e. The second-order valence-electron chi connectivity index (χ2n) is 4.13. The Hall–Kier alpha value is -1.08. The molecule has 0 aliphatic carbocycles. The molecule has 2 rings (SSSR count). The maximum atomic E-state index is 11.6. The van der Waals surface area contributed by atoms with E-state index < -0.39 is 0 Å². The highest BCUT2D eigenvalue weighted by atomic mass is 32.2. The number of thioether (sulfide) groups is 1. The molecule has 0 spiro atoms. The van der Waals surface area contributed by atoms with Crippen LogP contribution in [0.15, 0.2) is 11.5 Å². The van der Waals surface area contributed by atoms with Crippen molar-refractivity contribution in [2.45, 2.75) is 37.6 Å². The van der Waals surface area contributed by atoms with E-state index in [1.165, 1.54) is 11.8 Å². The van der Waals surface area contributed by atoms with Gasteiger partial charge in [-0.25, -0.2) is 0 Å². The molecule has 1 aliphatic rings. The van der Waals surface area contributed by atoms with E-state index in [9.17, 15) is 4.79 Å². The smallest absolute Gasteiger partial charge is 0.230 e. The maximum absolute atomic E-state index is 11.6. The third-order valence-corrected chi connectivity index (χ3v) is 3.78. The van der Waals surface area contributed by atoms with Gasteiger partial charge >= 0.3 is 0 Å². The SMILES string of the molecule is CCn1cnnc1SCC(=O)NC[C@@H]1CCCO1. The number of carbonyl (C=O) groups excluding carboxylic acids is 1. The molecule has 1 atom stereocenters. The zero-order valence-electron chi connectivity index (χ0n) is 10.5. The average Bonchev–Trinajstić information content (AvgIpc) is 3.04. The summed E-state index contributed by atoms with van der Waals surface area (Å²) in [6.07, 6.45) is 4.00. The van der Waals surface area contributed by atoms with Crippen LogP contribution >= 0.6 is 11.8 Å². The van der Waals surface area contributed by atoms with Crippen molar-refractivity contribution in [3.63, 3.8) is 0 Å². The lowest BCUT2D eigenvalue weighted by Gasteiger charge is -2.10. The van der Waals surface area contributed by atoms with Crippen molar-refractivity contribution in [2.75, 3.05) is 18.9 Å². The normalized spacial score (nSPS) is 19.1. The van der Waals surface area contributed by atoms with E-state index in [-0.39, 0.29) is 12.0 Å². The summed E-state index contributed by atoms with van der Waals surface area (Å²) in [5, 5.41) is 11.5. The third-order valence-electron chi connectivity index (χ3n) is 2.80. The van der Waals surface area contributed by atoms with Gasteiger partial charge in [-0.15, -0.1) is 10.2 Å². The number of hydrogen-bond donors (Lipinski definition) is 1. The van der Waals surface area contributed by atoms with Gasteiger partial charge in [-0.3, -0.25) is 4.79 Å². The van der Waals surface area contributed by atoms with Gasteiger partial charge in [0.15, 0.2) is 5.16 Å². The van der Waals surface area contributed by atoms with Crippen LogP contribution in [0.4, 0.5) is 0 Å². The zero-order valence-corrected chi connectivity index (χ0v) is 11.3. The Morgan fingerprint density at radius 1 is 1.72 bits per heavy atom. The lowest BCUT2D eigenvalue weighted by Crippen LogP contribution is -2.32. The van der Waals surface area contributed by atoms with E-state index in [0.717, 1.165) is 31.1 Å². The molecule has 2 heterocycles. The monoisotopic (exact) mass is 270 g/mol. The molecular weight excluding hydrogens is 252 g/mol. The summed E-state index contributed by atoms with van der Waals surface area (Å²) in [7, 11) is 0. The predicted molar refractivity (Wildman–Crippen MR) is 68.4 cm³/mol. The van der Waals surface area contributed by atoms with Crippen molar-refractivity contribution < 1.29 is 9.53 Å². The van der Waals surface area contributed by atoms with Crippen molar-refractivity contribution >= 4 is 17.7 Å². The Morgan fingerprint density at radius 3 is 3.33 bits per heavy atom. The van der Waals surface area contributed by atoms with Crippen LogP contribution in [0.25, 0.3) is 0 Å². The predicted octanol–water partition coefficient (Wildman–Crippen LogP) is 0.685. The molecular formula is C11H18N4O2S. The van der Waals surface area contributed by atoms with Crippen LogP contribution in [0.5, 0.6) is 0 Å². The van der Waals surface area contributed by atoms with E-state index in [1.807, 2.05) is 11.5 Å². The second-order valence-corrected chi connectivity index (χ2v) is 5.07. The topological polar surface area (TPSA) is 69.0 Å². The van der Waals surface area contributed by atoms with Crippen molar-refractivity contribution in [2.24, 2.45) is 0 Å². The number of rotatable bonds is 6. The summed E-state index contributed by atoms with van der Waals surface area (Å²) in [5.74, 6) is 0.381. The standard InChI is InChI=1S/C11H18N4O2S/c1-2-15-8-13-14-11(15)18-7-10(16)12-6-9-4-3-5-17-9/h8-9H,2-7H2,1H3,(H,12,16)/t9-/m0/s1. The highest BCUT2D eigenvalue weighted by Gasteiger charge is 2.16. The van der Waals surface area contributed by atoms with Gasteiger partial charge in [-0.2, -0.15) is 0 Å². The number of hydrogen-bond acceptors (Lipinski definition) is 5. The van der Waals surface area contributed by atoms with Crippen LogP contribution < -0.4 is 5.32 Å². The first-order valence-electron chi connectivity index (χ1n) is 6.18. The Morgan fingerprint density at radius 2 is 2.61 bits per heavy atom. The highest BCUT2D eigenvalue weighted by Crippen LogP contribution is 2.14. The first-order chi connectivity index (χ1) is 8.79. The van der Waals surface area contributed by atoms with Crippen LogP contribution in [0.3, 0.4) is 0 Å². The molecule has 1 aromatic heterocycles. The number of aryl methyl sites for hydroxylation is 1. The van der Waals surface area contributed by atoms with E-state index in [1.54, 1.807) is 6.33 Å². The summed E-state index contributed by atoms with van der Waals surface area (Å²) in [6.45, 7) is 4.26. The summed E-state index contributed by atoms with van der Waals surface area (Å²) < 4.78 is 7.36. The van der Waals surface area contributed by atoms with Crippen molar-refractivity contribution in [3.05, 3.63) is 6.33 Å². The molecule has 1 N–H and O–H groups in total. The number of nitrogens with one attached hydrogen (secondary N) is 1. The van der Waals surface area contributed by atoms with Crippen LogP contribution in [-0.4, -0.2) is 45.7 Å². The Labute approximate surface area is 110 Å². The molecule has 7 heteroatoms. The van der Waals surface area contributed by atoms with Gasteiger partial charge in [-0.1, -0.05) is 11.8 Å². The molecule has 6 nitrogen and oxygen atoms in total. The lowest BCUT2D eigenvalue weighted by molar-refractivity contribution is -0.119. The molecule has 1 aliphatic heterocycles. The summed E-state index contributed by atoms with van der Waals surface area (Å²) in [5.41, 5.74) is 0. The fourth-order valence-corrected chi connectivity index (χ4v) is 2.60. The largest absolute Gasteiger partial charge is 0.376 e. The molecule has 1 saturated heterocycles. The molecule has 100 valence electrons. The number of amides is 1. The number of nitrogens with zero attached hydrogens (tertiary/aromatic N) is 3. The number of ether oxygens (including phenoxy) is 1. The average molecular weight is 270 g/mol. The van der Waals surface area contributed by atoms with E-state index in [4.69, 9.17) is 4.74 Å². The third kappa shape index (κ3) is 3.71. The Balaban J connectivity index is 1.68. The fourth-order valence-electron chi connectivity index (χ4n) is 1.79. The Kier molecular flexibility index (Phi) is 5.00. The minimum absolute atomic E-state index is 0.0150. The van der Waals surface area contributed by atoms with Gasteiger partial charge in [-0.05, 0) is 19.8 Å². The zero-order chi connectivity index (χ0) is 12.8. The fraction of sp³-hybridized carbons (Fsp3) is 0.727. The van der Waals surface area contributed by atoms with E-state index in [0.29, 0.717) is 12.3 Å². The van der Waals surface area contributed by atoms with Gasteiger partial charge in [0.1, 0.15) is 6.33 Å². The first kappa shape index (κ1) is 13.4. The molecule has 0 aromatic carbocycles. The molecule has 0 bridgehead atoms. The summed E-state index contributed by atoms with van der Waals surface area (Å²) >= 11 is 1.41. The summed E-state index contributed by atoms with van der Waals surface area (Å²) in [6, 6.07) is 0. The second kappa shape index (κ2) is 6.75. The first-order valence-corrected chi connectivity index (χ1v) is 7.17. The van der Waals surface area contributed by atoms with Crippen molar-refractivity contribution in [3.8, 4) is 0 Å². The van der Waals surface area contributed by atoms with Gasteiger partial charge in [0.05, 0.1) is 11.9 Å². The lowest BCUT2D eigenvalue weighted by atomic mass is 10.2. The van der Waals surface area contributed by atoms with Crippen molar-refractivity contribution in [1.82, 2.24) is 20.1 Å². The van der Waals surface area contributed by atoms with Gasteiger partial charge < -0.3 is 14.6 Å². The van der Waals surface area contributed by atoms with Gasteiger partial charge in [0.25, 0.3) is 0 Å². The number of aromatic nitrogens is 3. The molecule has 0 radical (unpaired) electrons. The molecule has 0 unspecified atom stereocenters. The number of carbonyl (C=O) groups is 1. The summed E-state index contributed by atoms with van der Waals surface area (Å²) in [4.78, 5) is 11.6. The quantitative estimate of drug-likeness (QED) is 0.770. The molecule has 0 saturated carbocycles. The molecule has 18 heavy (non-hydrogen) atoms. The minimum atomic E-state index is 0.0150. The van der Waals surface area contributed by atoms with Gasteiger partial charge in [0.2, 0.25) is 5.91 Å². The van der Waals surface area contributed by atoms with Crippen LogP contribution in [0.1, 0.15) is 19.8 Å². The molecule has 1 aromatic rings. The van der Waals surface area contributed by atoms with E-state index in [2.05, 4.69) is 15.5 Å². The van der Waals surface area contributed by atoms with Crippen molar-refractivity contribution in [1.29, 1.82) is 0 Å². The van der Waals surface area contributed by atoms with Crippen LogP contribution in [0.2, 0.25) is 0 Å².